The number of rotatable bonds is 18. The van der Waals surface area contributed by atoms with E-state index in [4.69, 9.17) is 0 Å². The maximum Gasteiger partial charge on any atom is 0.0215 e. The molecular weight excluding hydrogens is 1260 g/mol. The normalized spacial score (nSPS) is 12.6. The lowest BCUT2D eigenvalue weighted by molar-refractivity contribution is 0.401. The summed E-state index contributed by atoms with van der Waals surface area (Å²) in [5.41, 5.74) is 25.4. The van der Waals surface area contributed by atoms with Crippen LogP contribution in [0.2, 0.25) is 0 Å². The van der Waals surface area contributed by atoms with E-state index in [0.717, 1.165) is 25.7 Å². The van der Waals surface area contributed by atoms with Crippen molar-refractivity contribution in [2.45, 2.75) is 83.5 Å². The van der Waals surface area contributed by atoms with Crippen LogP contribution in [0, 0.1) is 0 Å². The van der Waals surface area contributed by atoms with Gasteiger partial charge in [0.05, 0.1) is 0 Å². The highest BCUT2D eigenvalue weighted by atomic mass is 14.5. The van der Waals surface area contributed by atoms with Gasteiger partial charge in [0.15, 0.2) is 0 Å². The van der Waals surface area contributed by atoms with Gasteiger partial charge in [0.25, 0.3) is 0 Å². The first-order valence-corrected chi connectivity index (χ1v) is 38.3. The largest absolute Gasteiger partial charge is 0.0654 e. The van der Waals surface area contributed by atoms with Gasteiger partial charge in [-0.1, -0.05) is 308 Å². The predicted octanol–water partition coefficient (Wildman–Crippen LogP) is 30.5. The summed E-state index contributed by atoms with van der Waals surface area (Å²) < 4.78 is 0. The maximum absolute atomic E-state index is 2.72. The topological polar surface area (TPSA) is 0 Å². The van der Waals surface area contributed by atoms with Crippen LogP contribution in [-0.4, -0.2) is 0 Å². The monoisotopic (exact) mass is 1340 g/mol. The molecule has 0 bridgehead atoms. The zero-order valence-electron chi connectivity index (χ0n) is 59.9. The highest BCUT2D eigenvalue weighted by Crippen LogP contribution is 2.59. The third kappa shape index (κ3) is 11.9. The van der Waals surface area contributed by atoms with Crippen LogP contribution < -0.4 is 0 Å². The van der Waals surface area contributed by atoms with Crippen LogP contribution in [0.25, 0.3) is 186 Å². The van der Waals surface area contributed by atoms with Crippen molar-refractivity contribution in [1.29, 1.82) is 0 Å². The van der Waals surface area contributed by atoms with Gasteiger partial charge >= 0.3 is 0 Å². The van der Waals surface area contributed by atoms with Crippen LogP contribution in [0.5, 0.6) is 0 Å². The molecule has 0 amide bonds. The minimum atomic E-state index is -0.241. The van der Waals surface area contributed by atoms with E-state index in [1.807, 2.05) is 0 Å². The third-order valence-electron chi connectivity index (χ3n) is 23.5. The second-order valence-electron chi connectivity index (χ2n) is 29.9. The second kappa shape index (κ2) is 27.0. The molecule has 0 heterocycles. The Balaban J connectivity index is 0.816. The lowest BCUT2D eigenvalue weighted by Gasteiger charge is -2.34. The molecule has 0 heteroatoms. The Hall–Kier alpha value is -12.0. The van der Waals surface area contributed by atoms with Gasteiger partial charge in [0.1, 0.15) is 0 Å². The molecule has 0 radical (unpaired) electrons. The second-order valence-corrected chi connectivity index (χ2v) is 29.9. The van der Waals surface area contributed by atoms with Crippen molar-refractivity contribution in [1.82, 2.24) is 0 Å². The van der Waals surface area contributed by atoms with Crippen molar-refractivity contribution in [3.8, 4) is 100 Å². The number of benzene rings is 18. The fourth-order valence-electron chi connectivity index (χ4n) is 17.8. The van der Waals surface area contributed by atoms with Crippen molar-refractivity contribution < 1.29 is 0 Å². The molecule has 0 spiro atoms. The molecule has 0 N–H and O–H groups in total. The van der Waals surface area contributed by atoms with Crippen LogP contribution in [-0.2, 0) is 5.41 Å². The number of unbranched alkanes of at least 4 members (excludes halogenated alkanes) is 6. The summed E-state index contributed by atoms with van der Waals surface area (Å²) in [4.78, 5) is 0. The SMILES string of the molecule is CCCCCCC1(CCCCCC)c2cc(-c3ccc4cc(-c5ccc6ccccc6c5)ccc4c3)c(-c3ccc4cc(-c5ccc6ccccc6c5)ccc4c3)cc2-c2cc(-c3ccc4cc(-c5ccc6ccccc6c5)ccc4c3)c(-c3ccc4cc(-c5ccc6ccccc6c5)ccc4c3)cc21. The molecule has 0 saturated heterocycles. The average molecular weight is 1340 g/mol. The highest BCUT2D eigenvalue weighted by molar-refractivity contribution is 6.04. The van der Waals surface area contributed by atoms with Crippen LogP contribution >= 0.6 is 0 Å². The van der Waals surface area contributed by atoms with E-state index < -0.39 is 0 Å². The van der Waals surface area contributed by atoms with Crippen LogP contribution in [0.15, 0.2) is 340 Å². The van der Waals surface area contributed by atoms with Gasteiger partial charge in [0.2, 0.25) is 0 Å². The summed E-state index contributed by atoms with van der Waals surface area (Å²) >= 11 is 0. The Morgan fingerprint density at radius 1 is 0.162 bits per heavy atom. The molecule has 0 aromatic heterocycles. The molecule has 502 valence electrons. The lowest BCUT2D eigenvalue weighted by atomic mass is 9.69. The zero-order chi connectivity index (χ0) is 70.0. The van der Waals surface area contributed by atoms with Gasteiger partial charge in [0, 0.05) is 5.41 Å². The Morgan fingerprint density at radius 2 is 0.352 bits per heavy atom. The fourth-order valence-corrected chi connectivity index (χ4v) is 17.8. The molecule has 0 aliphatic heterocycles. The van der Waals surface area contributed by atoms with E-state index >= 15 is 0 Å². The molecule has 1 aliphatic rings. The van der Waals surface area contributed by atoms with Crippen LogP contribution in [0.1, 0.15) is 89.2 Å². The average Bonchev–Trinajstić information content (AvgIpc) is 1.55. The predicted molar refractivity (Wildman–Crippen MR) is 454 cm³/mol. The summed E-state index contributed by atoms with van der Waals surface area (Å²) in [5.74, 6) is 0. The minimum Gasteiger partial charge on any atom is -0.0654 e. The first kappa shape index (κ1) is 63.9. The summed E-state index contributed by atoms with van der Waals surface area (Å²) in [6.45, 7) is 4.72. The molecule has 18 aromatic rings. The Kier molecular flexibility index (Phi) is 16.4. The summed E-state index contributed by atoms with van der Waals surface area (Å²) in [6.07, 6.45) is 11.8. The molecule has 1 aliphatic carbocycles. The molecule has 0 nitrogen and oxygen atoms in total. The fraction of sp³-hybridized carbons (Fsp3) is 0.124. The first-order valence-electron chi connectivity index (χ1n) is 38.3. The number of hydrogen-bond acceptors (Lipinski definition) is 0. The molecule has 105 heavy (non-hydrogen) atoms. The minimum absolute atomic E-state index is 0.241. The summed E-state index contributed by atoms with van der Waals surface area (Å²) in [7, 11) is 0. The molecular formula is C105H82. The molecule has 0 saturated carbocycles. The van der Waals surface area contributed by atoms with E-state index in [9.17, 15) is 0 Å². The van der Waals surface area contributed by atoms with Gasteiger partial charge in [-0.3, -0.25) is 0 Å². The number of fused-ring (bicyclic) bond motifs is 11. The van der Waals surface area contributed by atoms with E-state index in [-0.39, 0.29) is 5.41 Å². The van der Waals surface area contributed by atoms with Crippen molar-refractivity contribution >= 4 is 86.2 Å². The Bertz CT molecular complexity index is 6060. The summed E-state index contributed by atoms with van der Waals surface area (Å²) in [5, 5.41) is 20.0. The van der Waals surface area contributed by atoms with Crippen molar-refractivity contribution in [2.75, 3.05) is 0 Å². The van der Waals surface area contributed by atoms with E-state index in [1.165, 1.54) is 236 Å². The van der Waals surface area contributed by atoms with Gasteiger partial charge in [-0.2, -0.15) is 0 Å². The van der Waals surface area contributed by atoms with Crippen LogP contribution in [0.3, 0.4) is 0 Å². The standard InChI is InChI=1S/C105H82/c1-3-5-7-17-51-105(52-18-8-6-4-2)103-67-99(95-49-45-87-59-83(37-41-91(87)63-95)79-33-29-71-21-11-15-25-75(71)55-79)97(93-47-43-85-57-81(35-39-89(85)61-93)77-31-27-69-19-9-13-23-73(69)53-77)65-101(103)102-66-98(94-48-44-86-58-82(36-40-90(86)62-94)78-32-28-70-20-10-14-24-74(70)54-78)100(68-104(102)105)96-50-46-88-60-84(38-42-92(88)64-96)80-34-30-72-22-12-16-26-76(72)56-80/h9-16,19-50,53-68H,3-8,17-18,51-52H2,1-2H3. The van der Waals surface area contributed by atoms with Crippen molar-refractivity contribution in [3.63, 3.8) is 0 Å². The molecule has 18 aromatic carbocycles. The lowest BCUT2D eigenvalue weighted by Crippen LogP contribution is -2.26. The quantitative estimate of drug-likeness (QED) is 0.0751. The highest BCUT2D eigenvalue weighted by Gasteiger charge is 2.44. The Labute approximate surface area is 616 Å². The maximum atomic E-state index is 2.72. The van der Waals surface area contributed by atoms with E-state index in [0.29, 0.717) is 0 Å². The van der Waals surface area contributed by atoms with Gasteiger partial charge < -0.3 is 0 Å². The van der Waals surface area contributed by atoms with Gasteiger partial charge in [-0.15, -0.1) is 0 Å². The molecule has 0 unspecified atom stereocenters. The summed E-state index contributed by atoms with van der Waals surface area (Å²) in [6, 6.07) is 130. The van der Waals surface area contributed by atoms with Gasteiger partial charge in [-0.05, 0) is 307 Å². The Morgan fingerprint density at radius 3 is 0.590 bits per heavy atom. The first-order chi connectivity index (χ1) is 51.8. The van der Waals surface area contributed by atoms with Crippen molar-refractivity contribution in [3.05, 3.63) is 351 Å². The van der Waals surface area contributed by atoms with Gasteiger partial charge in [-0.25, -0.2) is 0 Å². The smallest absolute Gasteiger partial charge is 0.0215 e. The third-order valence-corrected chi connectivity index (χ3v) is 23.5. The number of hydrogen-bond donors (Lipinski definition) is 0. The van der Waals surface area contributed by atoms with E-state index in [1.54, 1.807) is 0 Å². The molecule has 0 atom stereocenters. The van der Waals surface area contributed by atoms with Crippen molar-refractivity contribution in [2.24, 2.45) is 0 Å². The zero-order valence-corrected chi connectivity index (χ0v) is 59.9. The van der Waals surface area contributed by atoms with Crippen LogP contribution in [0.4, 0.5) is 0 Å². The molecule has 19 rings (SSSR count). The van der Waals surface area contributed by atoms with E-state index in [2.05, 4.69) is 354 Å². The molecule has 0 fully saturated rings.